The van der Waals surface area contributed by atoms with Gasteiger partial charge in [-0.3, -0.25) is 9.59 Å². The predicted octanol–water partition coefficient (Wildman–Crippen LogP) is 4.82. The lowest BCUT2D eigenvalue weighted by Crippen LogP contribution is -2.20. The largest absolute Gasteiger partial charge is 0.496 e. The van der Waals surface area contributed by atoms with Gasteiger partial charge in [0, 0.05) is 10.7 Å². The second-order valence-corrected chi connectivity index (χ2v) is 7.38. The van der Waals surface area contributed by atoms with Gasteiger partial charge in [0.05, 0.1) is 23.3 Å². The van der Waals surface area contributed by atoms with Crippen LogP contribution in [0.1, 0.15) is 32.5 Å². The SMILES string of the molecule is COc1ccc(Cl)cc1C(=O)N/N=C(\C)c1cccc(NC(=O)c2cccs2)c1. The van der Waals surface area contributed by atoms with Crippen molar-refractivity contribution in [2.24, 2.45) is 5.10 Å². The minimum atomic E-state index is -0.439. The summed E-state index contributed by atoms with van der Waals surface area (Å²) in [5.74, 6) is -0.211. The number of hydrogen-bond donors (Lipinski definition) is 2. The smallest absolute Gasteiger partial charge is 0.275 e. The fraction of sp³-hybridized carbons (Fsp3) is 0.0952. The minimum absolute atomic E-state index is 0.173. The van der Waals surface area contributed by atoms with Crippen LogP contribution < -0.4 is 15.5 Å². The molecule has 0 spiro atoms. The van der Waals surface area contributed by atoms with E-state index in [1.165, 1.54) is 24.5 Å². The number of nitrogens with zero attached hydrogens (tertiary/aromatic N) is 1. The maximum absolute atomic E-state index is 12.4. The Hall–Kier alpha value is -3.16. The number of benzene rings is 2. The number of anilines is 1. The van der Waals surface area contributed by atoms with Gasteiger partial charge in [-0.15, -0.1) is 11.3 Å². The van der Waals surface area contributed by atoms with E-state index in [-0.39, 0.29) is 11.5 Å². The molecule has 0 aliphatic rings. The van der Waals surface area contributed by atoms with Gasteiger partial charge in [0.25, 0.3) is 11.8 Å². The Morgan fingerprint density at radius 3 is 2.62 bits per heavy atom. The van der Waals surface area contributed by atoms with Gasteiger partial charge in [-0.05, 0) is 54.3 Å². The number of rotatable bonds is 6. The summed E-state index contributed by atoms with van der Waals surface area (Å²) in [5, 5.41) is 9.27. The zero-order valence-corrected chi connectivity index (χ0v) is 17.3. The first-order valence-electron chi connectivity index (χ1n) is 8.61. The molecule has 29 heavy (non-hydrogen) atoms. The van der Waals surface area contributed by atoms with Crippen LogP contribution in [0.3, 0.4) is 0 Å². The van der Waals surface area contributed by atoms with E-state index in [2.05, 4.69) is 15.8 Å². The zero-order chi connectivity index (χ0) is 20.8. The van der Waals surface area contributed by atoms with Crippen LogP contribution in [-0.4, -0.2) is 24.6 Å². The average Bonchev–Trinajstić information content (AvgIpc) is 3.27. The van der Waals surface area contributed by atoms with Crippen molar-refractivity contribution in [3.05, 3.63) is 81.0 Å². The zero-order valence-electron chi connectivity index (χ0n) is 15.7. The van der Waals surface area contributed by atoms with Crippen molar-refractivity contribution in [1.29, 1.82) is 0 Å². The summed E-state index contributed by atoms with van der Waals surface area (Å²) >= 11 is 7.34. The molecule has 3 rings (SSSR count). The summed E-state index contributed by atoms with van der Waals surface area (Å²) in [6, 6.07) is 15.6. The van der Waals surface area contributed by atoms with Gasteiger partial charge < -0.3 is 10.1 Å². The third-order valence-corrected chi connectivity index (χ3v) is 5.12. The number of thiophene rings is 1. The van der Waals surface area contributed by atoms with Gasteiger partial charge in [0.1, 0.15) is 5.75 Å². The van der Waals surface area contributed by atoms with Crippen molar-refractivity contribution < 1.29 is 14.3 Å². The van der Waals surface area contributed by atoms with E-state index in [9.17, 15) is 9.59 Å². The third kappa shape index (κ3) is 5.22. The normalized spacial score (nSPS) is 11.1. The Kier molecular flexibility index (Phi) is 6.64. The van der Waals surface area contributed by atoms with Crippen LogP contribution in [0.25, 0.3) is 0 Å². The molecule has 0 bridgehead atoms. The molecule has 2 aromatic carbocycles. The number of methoxy groups -OCH3 is 1. The van der Waals surface area contributed by atoms with Gasteiger partial charge in [-0.2, -0.15) is 5.10 Å². The number of nitrogens with one attached hydrogen (secondary N) is 2. The van der Waals surface area contributed by atoms with Crippen LogP contribution in [0.4, 0.5) is 5.69 Å². The monoisotopic (exact) mass is 427 g/mol. The highest BCUT2D eigenvalue weighted by Crippen LogP contribution is 2.22. The molecule has 0 radical (unpaired) electrons. The van der Waals surface area contributed by atoms with Crippen molar-refractivity contribution in [1.82, 2.24) is 5.43 Å². The van der Waals surface area contributed by atoms with Crippen molar-refractivity contribution in [2.75, 3.05) is 12.4 Å². The molecule has 2 amide bonds. The molecule has 8 heteroatoms. The fourth-order valence-electron chi connectivity index (χ4n) is 2.54. The van der Waals surface area contributed by atoms with Crippen LogP contribution >= 0.6 is 22.9 Å². The molecule has 1 heterocycles. The van der Waals surface area contributed by atoms with E-state index >= 15 is 0 Å². The molecule has 0 aliphatic carbocycles. The molecule has 2 N–H and O–H groups in total. The van der Waals surface area contributed by atoms with Crippen molar-refractivity contribution in [2.45, 2.75) is 6.92 Å². The standard InChI is InChI=1S/C21H18ClN3O3S/c1-13(24-25-20(26)17-12-15(22)8-9-18(17)28-2)14-5-3-6-16(11-14)23-21(27)19-7-4-10-29-19/h3-12H,1-2H3,(H,23,27)(H,25,26)/b24-13+. The van der Waals surface area contributed by atoms with E-state index in [1.54, 1.807) is 43.3 Å². The van der Waals surface area contributed by atoms with Gasteiger partial charge in [-0.25, -0.2) is 5.43 Å². The molecule has 148 valence electrons. The van der Waals surface area contributed by atoms with E-state index < -0.39 is 5.91 Å². The molecule has 0 unspecified atom stereocenters. The maximum Gasteiger partial charge on any atom is 0.275 e. The highest BCUT2D eigenvalue weighted by Gasteiger charge is 2.13. The van der Waals surface area contributed by atoms with Gasteiger partial charge in [-0.1, -0.05) is 29.8 Å². The molecule has 0 fully saturated rings. The second kappa shape index (κ2) is 9.36. The summed E-state index contributed by atoms with van der Waals surface area (Å²) in [4.78, 5) is 25.3. The van der Waals surface area contributed by atoms with E-state index in [1.807, 2.05) is 17.5 Å². The third-order valence-electron chi connectivity index (χ3n) is 4.01. The van der Waals surface area contributed by atoms with E-state index in [4.69, 9.17) is 16.3 Å². The number of hydrazone groups is 1. The first-order chi connectivity index (χ1) is 14.0. The van der Waals surface area contributed by atoms with E-state index in [0.717, 1.165) is 5.56 Å². The number of hydrogen-bond acceptors (Lipinski definition) is 5. The molecule has 0 saturated carbocycles. The Morgan fingerprint density at radius 1 is 1.07 bits per heavy atom. The molecular formula is C21H18ClN3O3S. The number of amides is 2. The van der Waals surface area contributed by atoms with Crippen molar-refractivity contribution in [3.8, 4) is 5.75 Å². The maximum atomic E-state index is 12.4. The molecular weight excluding hydrogens is 410 g/mol. The van der Waals surface area contributed by atoms with Crippen molar-refractivity contribution >= 4 is 46.2 Å². The second-order valence-electron chi connectivity index (χ2n) is 5.99. The molecule has 3 aromatic rings. The summed E-state index contributed by atoms with van der Waals surface area (Å²) in [5.41, 5.74) is 4.76. The van der Waals surface area contributed by atoms with Crippen LogP contribution in [-0.2, 0) is 0 Å². The Balaban J connectivity index is 1.72. The molecule has 0 atom stereocenters. The lowest BCUT2D eigenvalue weighted by molar-refractivity contribution is 0.0951. The number of carbonyl (C=O) groups excluding carboxylic acids is 2. The number of ether oxygens (including phenoxy) is 1. The summed E-state index contributed by atoms with van der Waals surface area (Å²) < 4.78 is 5.19. The van der Waals surface area contributed by atoms with Gasteiger partial charge >= 0.3 is 0 Å². The number of halogens is 1. The summed E-state index contributed by atoms with van der Waals surface area (Å²) in [6.45, 7) is 1.76. The molecule has 1 aromatic heterocycles. The van der Waals surface area contributed by atoms with Crippen LogP contribution in [0, 0.1) is 0 Å². The average molecular weight is 428 g/mol. The Morgan fingerprint density at radius 2 is 1.90 bits per heavy atom. The molecule has 6 nitrogen and oxygen atoms in total. The van der Waals surface area contributed by atoms with Crippen LogP contribution in [0.2, 0.25) is 5.02 Å². The summed E-state index contributed by atoms with van der Waals surface area (Å²) in [6.07, 6.45) is 0. The van der Waals surface area contributed by atoms with E-state index in [0.29, 0.717) is 27.0 Å². The molecule has 0 aliphatic heterocycles. The fourth-order valence-corrected chi connectivity index (χ4v) is 3.33. The van der Waals surface area contributed by atoms with Crippen LogP contribution in [0.15, 0.2) is 65.1 Å². The highest BCUT2D eigenvalue weighted by atomic mass is 35.5. The quantitative estimate of drug-likeness (QED) is 0.437. The van der Waals surface area contributed by atoms with Gasteiger partial charge in [0.2, 0.25) is 0 Å². The number of carbonyl (C=O) groups is 2. The predicted molar refractivity (Wildman–Crippen MR) is 116 cm³/mol. The van der Waals surface area contributed by atoms with Crippen LogP contribution in [0.5, 0.6) is 5.75 Å². The topological polar surface area (TPSA) is 79.8 Å². The minimum Gasteiger partial charge on any atom is -0.496 e. The Bertz CT molecular complexity index is 1060. The summed E-state index contributed by atoms with van der Waals surface area (Å²) in [7, 11) is 1.48. The first kappa shape index (κ1) is 20.6. The lowest BCUT2D eigenvalue weighted by Gasteiger charge is -2.09. The van der Waals surface area contributed by atoms with Crippen molar-refractivity contribution in [3.63, 3.8) is 0 Å². The Labute approximate surface area is 177 Å². The highest BCUT2D eigenvalue weighted by molar-refractivity contribution is 7.12. The molecule has 0 saturated heterocycles. The lowest BCUT2D eigenvalue weighted by atomic mass is 10.1. The first-order valence-corrected chi connectivity index (χ1v) is 9.87. The van der Waals surface area contributed by atoms with Gasteiger partial charge in [0.15, 0.2) is 0 Å².